The molecular weight excluding hydrogens is 321 g/mol. The van der Waals surface area contributed by atoms with Gasteiger partial charge in [-0.25, -0.2) is 4.39 Å². The zero-order valence-corrected chi connectivity index (χ0v) is 13.9. The minimum atomic E-state index is -1.36. The van der Waals surface area contributed by atoms with Crippen LogP contribution in [0, 0.1) is 11.7 Å². The van der Waals surface area contributed by atoms with Crippen LogP contribution < -0.4 is 5.32 Å². The number of hydrogen-bond donors (Lipinski definition) is 2. The summed E-state index contributed by atoms with van der Waals surface area (Å²) < 4.78 is 15.6. The van der Waals surface area contributed by atoms with Gasteiger partial charge in [0.25, 0.3) is 5.91 Å². The number of benzene rings is 1. The summed E-state index contributed by atoms with van der Waals surface area (Å²) in [7, 11) is 1.69. The number of nitrogens with zero attached hydrogens (tertiary/aromatic N) is 2. The molecule has 5 nitrogen and oxygen atoms in total. The summed E-state index contributed by atoms with van der Waals surface area (Å²) >= 11 is 5.76. The van der Waals surface area contributed by atoms with Crippen molar-refractivity contribution < 1.29 is 14.3 Å². The number of aliphatic hydroxyl groups is 1. The maximum absolute atomic E-state index is 14.1. The average Bonchev–Trinajstić information content (AvgIpc) is 2.90. The first-order chi connectivity index (χ1) is 10.8. The normalized spacial score (nSPS) is 13.9. The monoisotopic (exact) mass is 339 g/mol. The Labute approximate surface area is 139 Å². The maximum Gasteiger partial charge on any atom is 0.254 e. The molecule has 0 fully saturated rings. The second-order valence-electron chi connectivity index (χ2n) is 5.75. The molecule has 2 rings (SSSR count). The Morgan fingerprint density at radius 2 is 2.13 bits per heavy atom. The minimum Gasteiger partial charge on any atom is -0.378 e. The highest BCUT2D eigenvalue weighted by atomic mass is 35.5. The first kappa shape index (κ1) is 17.4. The molecular formula is C16H19ClFN3O2. The molecule has 1 heterocycles. The van der Waals surface area contributed by atoms with E-state index in [1.54, 1.807) is 25.4 Å². The number of carbonyl (C=O) groups excluding carboxylic acids is 1. The fourth-order valence-electron chi connectivity index (χ4n) is 2.32. The predicted octanol–water partition coefficient (Wildman–Crippen LogP) is 2.76. The fourth-order valence-corrected chi connectivity index (χ4v) is 2.48. The van der Waals surface area contributed by atoms with E-state index in [2.05, 4.69) is 10.4 Å². The van der Waals surface area contributed by atoms with Gasteiger partial charge in [-0.05, 0) is 18.1 Å². The van der Waals surface area contributed by atoms with E-state index in [4.69, 9.17) is 11.6 Å². The predicted molar refractivity (Wildman–Crippen MR) is 85.3 cm³/mol. The zero-order valence-electron chi connectivity index (χ0n) is 13.1. The lowest BCUT2D eigenvalue weighted by molar-refractivity contribution is -0.130. The molecule has 124 valence electrons. The zero-order chi connectivity index (χ0) is 17.1. The van der Waals surface area contributed by atoms with Crippen molar-refractivity contribution in [1.29, 1.82) is 0 Å². The van der Waals surface area contributed by atoms with Gasteiger partial charge in [0.05, 0.1) is 12.2 Å². The van der Waals surface area contributed by atoms with Crippen LogP contribution in [0.15, 0.2) is 30.6 Å². The number of carbonyl (C=O) groups is 1. The number of aryl methyl sites for hydroxylation is 1. The molecule has 0 aliphatic carbocycles. The number of aromatic nitrogens is 2. The lowest BCUT2D eigenvalue weighted by Gasteiger charge is -2.24. The Kier molecular flexibility index (Phi) is 5.38. The number of hydrogen-bond acceptors (Lipinski definition) is 3. The number of aliphatic hydroxyl groups excluding tert-OH is 1. The number of nitrogens with one attached hydrogen (secondary N) is 1. The highest BCUT2D eigenvalue weighted by molar-refractivity contribution is 6.30. The molecule has 23 heavy (non-hydrogen) atoms. The molecule has 7 heteroatoms. The quantitative estimate of drug-likeness (QED) is 0.880. The van der Waals surface area contributed by atoms with E-state index < -0.39 is 23.9 Å². The topological polar surface area (TPSA) is 67.2 Å². The largest absolute Gasteiger partial charge is 0.378 e. The molecule has 0 saturated heterocycles. The first-order valence-corrected chi connectivity index (χ1v) is 7.59. The van der Waals surface area contributed by atoms with Crippen LogP contribution in [0.3, 0.4) is 0 Å². The summed E-state index contributed by atoms with van der Waals surface area (Å²) in [6, 6.07) is 3.74. The summed E-state index contributed by atoms with van der Waals surface area (Å²) in [4.78, 5) is 12.3. The van der Waals surface area contributed by atoms with Gasteiger partial charge in [-0.15, -0.1) is 0 Å². The molecule has 2 atom stereocenters. The van der Waals surface area contributed by atoms with E-state index in [0.717, 1.165) is 0 Å². The Morgan fingerprint density at radius 1 is 1.43 bits per heavy atom. The Morgan fingerprint density at radius 3 is 2.65 bits per heavy atom. The molecule has 2 N–H and O–H groups in total. The van der Waals surface area contributed by atoms with E-state index >= 15 is 0 Å². The number of halogens is 2. The Hall–Kier alpha value is -1.92. The highest BCUT2D eigenvalue weighted by Gasteiger charge is 2.26. The van der Waals surface area contributed by atoms with Crippen molar-refractivity contribution in [3.63, 3.8) is 0 Å². The average molecular weight is 340 g/mol. The standard InChI is InChI=1S/C16H19ClFN3O2/c1-9(2)14(12-5-4-11(17)6-13(12)18)20-16(23)15(22)10-7-19-21(3)8-10/h4-9,14-15,22H,1-3H3,(H,20,23)/t14-,15+/m1/s1. The third kappa shape index (κ3) is 4.09. The lowest BCUT2D eigenvalue weighted by Crippen LogP contribution is -2.35. The molecule has 0 aliphatic rings. The molecule has 0 unspecified atom stereocenters. The van der Waals surface area contributed by atoms with E-state index in [1.165, 1.54) is 16.9 Å². The van der Waals surface area contributed by atoms with E-state index in [-0.39, 0.29) is 10.9 Å². The van der Waals surface area contributed by atoms with Gasteiger partial charge in [0, 0.05) is 29.4 Å². The van der Waals surface area contributed by atoms with Crippen LogP contribution in [-0.2, 0) is 11.8 Å². The van der Waals surface area contributed by atoms with Crippen molar-refractivity contribution in [1.82, 2.24) is 15.1 Å². The molecule has 0 bridgehead atoms. The van der Waals surface area contributed by atoms with Gasteiger partial charge in [0.15, 0.2) is 6.10 Å². The van der Waals surface area contributed by atoms with Crippen LogP contribution in [0.2, 0.25) is 5.02 Å². The van der Waals surface area contributed by atoms with Crippen LogP contribution in [-0.4, -0.2) is 20.8 Å². The van der Waals surface area contributed by atoms with Crippen LogP contribution in [0.4, 0.5) is 4.39 Å². The highest BCUT2D eigenvalue weighted by Crippen LogP contribution is 2.27. The van der Waals surface area contributed by atoms with Gasteiger partial charge in [0.1, 0.15) is 5.82 Å². The number of amides is 1. The Balaban J connectivity index is 2.20. The van der Waals surface area contributed by atoms with Crippen molar-refractivity contribution in [2.24, 2.45) is 13.0 Å². The van der Waals surface area contributed by atoms with E-state index in [9.17, 15) is 14.3 Å². The van der Waals surface area contributed by atoms with Crippen molar-refractivity contribution in [2.75, 3.05) is 0 Å². The smallest absolute Gasteiger partial charge is 0.254 e. The summed E-state index contributed by atoms with van der Waals surface area (Å²) in [5.41, 5.74) is 0.709. The van der Waals surface area contributed by atoms with E-state index in [0.29, 0.717) is 11.1 Å². The van der Waals surface area contributed by atoms with Crippen molar-refractivity contribution in [3.8, 4) is 0 Å². The van der Waals surface area contributed by atoms with Gasteiger partial charge in [0.2, 0.25) is 0 Å². The third-order valence-electron chi connectivity index (χ3n) is 3.55. The van der Waals surface area contributed by atoms with Crippen LogP contribution in [0.1, 0.15) is 37.1 Å². The second kappa shape index (κ2) is 7.10. The van der Waals surface area contributed by atoms with Crippen LogP contribution in [0.25, 0.3) is 0 Å². The second-order valence-corrected chi connectivity index (χ2v) is 6.18. The summed E-state index contributed by atoms with van der Waals surface area (Å²) in [6.45, 7) is 3.71. The number of rotatable bonds is 5. The lowest BCUT2D eigenvalue weighted by atomic mass is 9.95. The maximum atomic E-state index is 14.1. The van der Waals surface area contributed by atoms with Crippen LogP contribution >= 0.6 is 11.6 Å². The molecule has 1 aromatic heterocycles. The Bertz CT molecular complexity index is 702. The minimum absolute atomic E-state index is 0.0734. The molecule has 0 aliphatic heterocycles. The third-order valence-corrected chi connectivity index (χ3v) is 3.79. The van der Waals surface area contributed by atoms with Gasteiger partial charge in [-0.3, -0.25) is 9.48 Å². The van der Waals surface area contributed by atoms with Crippen LogP contribution in [0.5, 0.6) is 0 Å². The summed E-state index contributed by atoms with van der Waals surface area (Å²) in [6.07, 6.45) is 1.61. The van der Waals surface area contributed by atoms with Gasteiger partial charge < -0.3 is 10.4 Å². The molecule has 0 saturated carbocycles. The van der Waals surface area contributed by atoms with Crippen molar-refractivity contribution >= 4 is 17.5 Å². The molecule has 0 spiro atoms. The summed E-state index contributed by atoms with van der Waals surface area (Å²) in [5, 5.41) is 17.0. The van der Waals surface area contributed by atoms with Crippen molar-refractivity contribution in [3.05, 3.63) is 52.6 Å². The SMILES string of the molecule is CC(C)[C@@H](NC(=O)[C@@H](O)c1cnn(C)c1)c1ccc(Cl)cc1F. The van der Waals surface area contributed by atoms with Gasteiger partial charge in [-0.2, -0.15) is 5.10 Å². The van der Waals surface area contributed by atoms with Crippen molar-refractivity contribution in [2.45, 2.75) is 26.0 Å². The van der Waals surface area contributed by atoms with E-state index in [1.807, 2.05) is 13.8 Å². The van der Waals surface area contributed by atoms with Gasteiger partial charge >= 0.3 is 0 Å². The fraction of sp³-hybridized carbons (Fsp3) is 0.375. The molecule has 1 aromatic carbocycles. The molecule has 2 aromatic rings. The molecule has 1 amide bonds. The molecule has 0 radical (unpaired) electrons. The summed E-state index contributed by atoms with van der Waals surface area (Å²) in [5.74, 6) is -1.17. The first-order valence-electron chi connectivity index (χ1n) is 7.21. The van der Waals surface area contributed by atoms with Gasteiger partial charge in [-0.1, -0.05) is 31.5 Å².